The van der Waals surface area contributed by atoms with Crippen LogP contribution in [0.4, 0.5) is 11.4 Å². The Balaban J connectivity index is 2.22. The quantitative estimate of drug-likeness (QED) is 0.583. The van der Waals surface area contributed by atoms with E-state index in [1.54, 1.807) is 0 Å². The zero-order valence-electron chi connectivity index (χ0n) is 17.1. The molecule has 0 radical (unpaired) electrons. The van der Waals surface area contributed by atoms with E-state index in [-0.39, 0.29) is 17.0 Å². The van der Waals surface area contributed by atoms with Crippen molar-refractivity contribution in [2.75, 3.05) is 5.32 Å². The third-order valence-electron chi connectivity index (χ3n) is 6.40. The van der Waals surface area contributed by atoms with Crippen molar-refractivity contribution in [3.8, 4) is 0 Å². The van der Waals surface area contributed by atoms with Gasteiger partial charge in [0.1, 0.15) is 5.69 Å². The van der Waals surface area contributed by atoms with Crippen molar-refractivity contribution in [3.05, 3.63) is 46.9 Å². The largest absolute Gasteiger partial charge is 0.373 e. The molecule has 0 saturated heterocycles. The standard InChI is InChI=1S/C24H29N3/c1-7-24(6)23(4,5)19-14-10-13-17-16-11-8-9-12-18(16)21(27-26-15(2)3)22(25-24)20(17)19/h7,10-15,25H,1,8-9H2,2-6H3. The third kappa shape index (κ3) is 2.48. The zero-order chi connectivity index (χ0) is 19.4. The fourth-order valence-corrected chi connectivity index (χ4v) is 4.38. The summed E-state index contributed by atoms with van der Waals surface area (Å²) in [6, 6.07) is 6.86. The number of rotatable bonds is 3. The maximum Gasteiger partial charge on any atom is 0.117 e. The topological polar surface area (TPSA) is 36.8 Å². The van der Waals surface area contributed by atoms with Gasteiger partial charge in [-0.25, -0.2) is 0 Å². The first-order chi connectivity index (χ1) is 12.8. The summed E-state index contributed by atoms with van der Waals surface area (Å²) in [5.41, 5.74) is 3.04. The smallest absolute Gasteiger partial charge is 0.117 e. The van der Waals surface area contributed by atoms with Gasteiger partial charge in [-0.1, -0.05) is 50.3 Å². The van der Waals surface area contributed by atoms with E-state index >= 15 is 0 Å². The predicted octanol–water partition coefficient (Wildman–Crippen LogP) is 5.33. The summed E-state index contributed by atoms with van der Waals surface area (Å²) in [4.78, 5) is 0. The van der Waals surface area contributed by atoms with Crippen LogP contribution in [0.15, 0.2) is 41.1 Å². The van der Waals surface area contributed by atoms with Crippen molar-refractivity contribution in [3.63, 3.8) is 0 Å². The second-order valence-corrected chi connectivity index (χ2v) is 8.73. The van der Waals surface area contributed by atoms with Gasteiger partial charge in [0.05, 0.1) is 17.3 Å². The minimum atomic E-state index is -0.275. The van der Waals surface area contributed by atoms with Crippen LogP contribution in [0.5, 0.6) is 0 Å². The van der Waals surface area contributed by atoms with Crippen molar-refractivity contribution in [1.29, 1.82) is 0 Å². The number of fused-ring (bicyclic) bond motifs is 2. The number of benzene rings is 2. The molecule has 1 aliphatic carbocycles. The van der Waals surface area contributed by atoms with Gasteiger partial charge >= 0.3 is 0 Å². The van der Waals surface area contributed by atoms with E-state index in [1.807, 2.05) is 6.08 Å². The average Bonchev–Trinajstić information content (AvgIpc) is 2.65. The summed E-state index contributed by atoms with van der Waals surface area (Å²) in [6.07, 6.45) is 8.84. The van der Waals surface area contributed by atoms with Gasteiger partial charge in [-0.3, -0.25) is 0 Å². The van der Waals surface area contributed by atoms with E-state index in [2.05, 4.69) is 82.0 Å². The molecule has 4 rings (SSSR count). The molecule has 0 spiro atoms. The molecule has 1 N–H and O–H groups in total. The SMILES string of the molecule is C=CC1(C)Nc2c(N=NC(C)C)c3c(c4cccc(c24)C1(C)C)=CCCC=3. The maximum absolute atomic E-state index is 4.74. The van der Waals surface area contributed by atoms with Crippen molar-refractivity contribution in [1.82, 2.24) is 0 Å². The molecule has 0 bridgehead atoms. The van der Waals surface area contributed by atoms with Gasteiger partial charge in [-0.15, -0.1) is 6.58 Å². The molecule has 140 valence electrons. The molecule has 1 heterocycles. The minimum absolute atomic E-state index is 0.0969. The molecule has 0 aromatic heterocycles. The van der Waals surface area contributed by atoms with Crippen molar-refractivity contribution in [2.45, 2.75) is 64.5 Å². The average molecular weight is 360 g/mol. The lowest BCUT2D eigenvalue weighted by Gasteiger charge is -2.48. The molecule has 27 heavy (non-hydrogen) atoms. The summed E-state index contributed by atoms with van der Waals surface area (Å²) in [5.74, 6) is 0. The molecule has 2 aliphatic rings. The van der Waals surface area contributed by atoms with Gasteiger partial charge in [-0.05, 0) is 49.8 Å². The molecule has 0 saturated carbocycles. The first-order valence-corrected chi connectivity index (χ1v) is 9.92. The van der Waals surface area contributed by atoms with Gasteiger partial charge < -0.3 is 5.32 Å². The van der Waals surface area contributed by atoms with Crippen LogP contribution in [-0.2, 0) is 5.41 Å². The Morgan fingerprint density at radius 3 is 2.48 bits per heavy atom. The molecule has 0 fully saturated rings. The van der Waals surface area contributed by atoms with Gasteiger partial charge in [0.25, 0.3) is 0 Å². The molecule has 1 unspecified atom stereocenters. The van der Waals surface area contributed by atoms with Gasteiger partial charge in [0, 0.05) is 16.0 Å². The van der Waals surface area contributed by atoms with Crippen LogP contribution in [0.2, 0.25) is 0 Å². The highest BCUT2D eigenvalue weighted by Gasteiger charge is 2.45. The number of nitrogens with one attached hydrogen (secondary N) is 1. The Morgan fingerprint density at radius 1 is 1.11 bits per heavy atom. The Morgan fingerprint density at radius 2 is 1.81 bits per heavy atom. The molecular weight excluding hydrogens is 330 g/mol. The van der Waals surface area contributed by atoms with Crippen LogP contribution < -0.4 is 15.8 Å². The summed E-state index contributed by atoms with van der Waals surface area (Å²) in [6.45, 7) is 15.1. The van der Waals surface area contributed by atoms with Crippen molar-refractivity contribution < 1.29 is 0 Å². The first kappa shape index (κ1) is 18.0. The van der Waals surface area contributed by atoms with Gasteiger partial charge in [-0.2, -0.15) is 10.2 Å². The highest BCUT2D eigenvalue weighted by atomic mass is 15.1. The number of nitrogens with zero attached hydrogens (tertiary/aromatic N) is 2. The zero-order valence-corrected chi connectivity index (χ0v) is 17.1. The van der Waals surface area contributed by atoms with E-state index in [0.29, 0.717) is 0 Å². The second kappa shape index (κ2) is 6.05. The normalized spacial score (nSPS) is 22.9. The fourth-order valence-electron chi connectivity index (χ4n) is 4.38. The molecule has 2 aromatic rings. The lowest BCUT2D eigenvalue weighted by atomic mass is 9.65. The van der Waals surface area contributed by atoms with Crippen LogP contribution in [0.25, 0.3) is 22.9 Å². The molecule has 0 amide bonds. The molecule has 3 nitrogen and oxygen atoms in total. The first-order valence-electron chi connectivity index (χ1n) is 9.92. The third-order valence-corrected chi connectivity index (χ3v) is 6.40. The maximum atomic E-state index is 4.74. The number of anilines is 1. The summed E-state index contributed by atoms with van der Waals surface area (Å²) in [5, 5.41) is 18.2. The van der Waals surface area contributed by atoms with E-state index in [9.17, 15) is 0 Å². The van der Waals surface area contributed by atoms with Crippen LogP contribution in [0.3, 0.4) is 0 Å². The Kier molecular flexibility index (Phi) is 4.03. The Hall–Kier alpha value is -2.42. The molecular formula is C24H29N3. The van der Waals surface area contributed by atoms with Gasteiger partial charge in [0.15, 0.2) is 0 Å². The minimum Gasteiger partial charge on any atom is -0.373 e. The summed E-state index contributed by atoms with van der Waals surface area (Å²) in [7, 11) is 0. The fraction of sp³-hybridized carbons (Fsp3) is 0.417. The monoisotopic (exact) mass is 359 g/mol. The van der Waals surface area contributed by atoms with E-state index in [1.165, 1.54) is 26.8 Å². The lowest BCUT2D eigenvalue weighted by Crippen LogP contribution is -2.52. The van der Waals surface area contributed by atoms with Crippen LogP contribution in [0.1, 0.15) is 53.0 Å². The van der Waals surface area contributed by atoms with E-state index < -0.39 is 0 Å². The highest BCUT2D eigenvalue weighted by molar-refractivity contribution is 6.05. The summed E-state index contributed by atoms with van der Waals surface area (Å²) >= 11 is 0. The van der Waals surface area contributed by atoms with Crippen molar-refractivity contribution in [2.24, 2.45) is 10.2 Å². The second-order valence-electron chi connectivity index (χ2n) is 8.73. The number of hydrogen-bond acceptors (Lipinski definition) is 3. The highest BCUT2D eigenvalue weighted by Crippen LogP contribution is 2.49. The van der Waals surface area contributed by atoms with Crippen molar-refractivity contribution >= 4 is 34.3 Å². The molecule has 3 heteroatoms. The lowest BCUT2D eigenvalue weighted by molar-refractivity contribution is 0.370. The van der Waals surface area contributed by atoms with E-state index in [0.717, 1.165) is 24.2 Å². The Labute approximate surface area is 161 Å². The predicted molar refractivity (Wildman–Crippen MR) is 116 cm³/mol. The van der Waals surface area contributed by atoms with Crippen LogP contribution in [0, 0.1) is 0 Å². The molecule has 1 aliphatic heterocycles. The Bertz CT molecular complexity index is 1090. The number of azo groups is 1. The summed E-state index contributed by atoms with van der Waals surface area (Å²) < 4.78 is 0. The van der Waals surface area contributed by atoms with Crippen LogP contribution in [-0.4, -0.2) is 11.6 Å². The molecule has 2 aromatic carbocycles. The van der Waals surface area contributed by atoms with Crippen LogP contribution >= 0.6 is 0 Å². The van der Waals surface area contributed by atoms with E-state index in [4.69, 9.17) is 5.11 Å². The van der Waals surface area contributed by atoms with Gasteiger partial charge in [0.2, 0.25) is 0 Å². The number of hydrogen-bond donors (Lipinski definition) is 1. The molecule has 1 atom stereocenters.